The minimum atomic E-state index is -0.603. The normalized spacial score (nSPS) is 21.3. The fourth-order valence-electron chi connectivity index (χ4n) is 4.43. The van der Waals surface area contributed by atoms with Crippen LogP contribution in [0.15, 0.2) is 71.1 Å². The molecule has 0 amide bonds. The van der Waals surface area contributed by atoms with E-state index in [1.54, 1.807) is 19.1 Å². The molecular weight excluding hydrogens is 405 g/mol. The topological polar surface area (TPSA) is 55.4 Å². The first-order chi connectivity index (χ1) is 14.4. The number of allylic oxidation sites excluding steroid dienone is 3. The molecule has 1 N–H and O–H groups in total. The predicted molar refractivity (Wildman–Crippen MR) is 112 cm³/mol. The fourth-order valence-corrected chi connectivity index (χ4v) is 4.72. The number of carbonyl (C=O) groups excluding carboxylic acids is 2. The van der Waals surface area contributed by atoms with E-state index in [2.05, 4.69) is 5.32 Å². The van der Waals surface area contributed by atoms with Crippen LogP contribution in [0, 0.1) is 5.82 Å². The van der Waals surface area contributed by atoms with Crippen LogP contribution in [0.1, 0.15) is 42.7 Å². The minimum Gasteiger partial charge on any atom is -0.466 e. The Balaban J connectivity index is 1.82. The molecule has 2 aromatic rings. The predicted octanol–water partition coefficient (Wildman–Crippen LogP) is 5.01. The van der Waals surface area contributed by atoms with E-state index >= 15 is 0 Å². The Labute approximate surface area is 179 Å². The smallest absolute Gasteiger partial charge is 0.336 e. The zero-order chi connectivity index (χ0) is 21.4. The number of hydrogen-bond donors (Lipinski definition) is 1. The number of Topliss-reactive ketones (excluding diaryl/α,β-unsaturated/α-hetero) is 1. The van der Waals surface area contributed by atoms with Gasteiger partial charge in [0.05, 0.1) is 12.7 Å². The lowest BCUT2D eigenvalue weighted by Crippen LogP contribution is -2.36. The molecule has 1 aliphatic heterocycles. The molecule has 0 aromatic heterocycles. The molecule has 2 aromatic carbocycles. The van der Waals surface area contributed by atoms with Gasteiger partial charge in [0, 0.05) is 34.3 Å². The SMILES string of the molecule is COC(=O)C1=C(C)NC2=C(C(=O)C[C@H](c3ccccc3Cl)C2)[C@@H]1c1ccc(F)cc1. The van der Waals surface area contributed by atoms with Crippen LogP contribution >= 0.6 is 11.6 Å². The second-order valence-corrected chi connectivity index (χ2v) is 7.99. The summed E-state index contributed by atoms with van der Waals surface area (Å²) in [5.74, 6) is -1.61. The van der Waals surface area contributed by atoms with Crippen molar-refractivity contribution in [2.45, 2.75) is 31.6 Å². The molecule has 0 bridgehead atoms. The Morgan fingerprint density at radius 3 is 2.50 bits per heavy atom. The van der Waals surface area contributed by atoms with Gasteiger partial charge in [0.2, 0.25) is 0 Å². The lowest BCUT2D eigenvalue weighted by atomic mass is 9.71. The van der Waals surface area contributed by atoms with E-state index in [4.69, 9.17) is 16.3 Å². The highest BCUT2D eigenvalue weighted by atomic mass is 35.5. The van der Waals surface area contributed by atoms with Crippen molar-refractivity contribution in [3.05, 3.63) is 93.0 Å². The Kier molecular flexibility index (Phi) is 5.48. The van der Waals surface area contributed by atoms with Crippen LogP contribution in [0.25, 0.3) is 0 Å². The van der Waals surface area contributed by atoms with Crippen LogP contribution in [0.5, 0.6) is 0 Å². The zero-order valence-electron chi connectivity index (χ0n) is 16.7. The molecule has 0 saturated carbocycles. The molecule has 30 heavy (non-hydrogen) atoms. The average molecular weight is 426 g/mol. The second-order valence-electron chi connectivity index (χ2n) is 7.58. The Morgan fingerprint density at radius 1 is 1.13 bits per heavy atom. The number of benzene rings is 2. The number of nitrogens with one attached hydrogen (secondary N) is 1. The first-order valence-corrected chi connectivity index (χ1v) is 10.1. The van der Waals surface area contributed by atoms with Gasteiger partial charge < -0.3 is 10.1 Å². The fraction of sp³-hybridized carbons (Fsp3) is 0.250. The third-order valence-electron chi connectivity index (χ3n) is 5.78. The summed E-state index contributed by atoms with van der Waals surface area (Å²) < 4.78 is 18.5. The summed E-state index contributed by atoms with van der Waals surface area (Å²) in [6.07, 6.45) is 0.879. The van der Waals surface area contributed by atoms with Gasteiger partial charge in [-0.25, -0.2) is 9.18 Å². The highest BCUT2D eigenvalue weighted by Crippen LogP contribution is 2.46. The van der Waals surface area contributed by atoms with E-state index < -0.39 is 11.9 Å². The third-order valence-corrected chi connectivity index (χ3v) is 6.13. The quantitative estimate of drug-likeness (QED) is 0.702. The Morgan fingerprint density at radius 2 is 1.83 bits per heavy atom. The lowest BCUT2D eigenvalue weighted by Gasteiger charge is -2.36. The van der Waals surface area contributed by atoms with E-state index in [0.29, 0.717) is 33.9 Å². The van der Waals surface area contributed by atoms with E-state index in [1.807, 2.05) is 24.3 Å². The first-order valence-electron chi connectivity index (χ1n) is 9.73. The van der Waals surface area contributed by atoms with Crippen molar-refractivity contribution in [2.75, 3.05) is 7.11 Å². The van der Waals surface area contributed by atoms with Crippen molar-refractivity contribution in [3.63, 3.8) is 0 Å². The van der Waals surface area contributed by atoms with Crippen LogP contribution in [-0.4, -0.2) is 18.9 Å². The Bertz CT molecular complexity index is 1090. The van der Waals surface area contributed by atoms with Gasteiger partial charge in [-0.1, -0.05) is 41.9 Å². The van der Waals surface area contributed by atoms with Crippen LogP contribution in [-0.2, 0) is 14.3 Å². The van der Waals surface area contributed by atoms with Crippen molar-refractivity contribution in [2.24, 2.45) is 0 Å². The van der Waals surface area contributed by atoms with E-state index in [0.717, 1.165) is 11.3 Å². The first kappa shape index (κ1) is 20.4. The van der Waals surface area contributed by atoms with Crippen molar-refractivity contribution >= 4 is 23.4 Å². The number of ketones is 1. The number of ether oxygens (including phenoxy) is 1. The summed E-state index contributed by atoms with van der Waals surface area (Å²) in [6, 6.07) is 13.4. The third kappa shape index (κ3) is 3.54. The maximum absolute atomic E-state index is 13.5. The number of rotatable bonds is 3. The molecule has 6 heteroatoms. The van der Waals surface area contributed by atoms with Gasteiger partial charge in [-0.15, -0.1) is 0 Å². The standard InChI is InChI=1S/C24H21ClFNO3/c1-13-21(24(29)30-2)22(14-7-9-16(26)10-8-14)23-19(27-13)11-15(12-20(23)28)17-5-3-4-6-18(17)25/h3-10,15,22,27H,11-12H2,1-2H3/t15-,22-/m1/s1. The largest absolute Gasteiger partial charge is 0.466 e. The van der Waals surface area contributed by atoms with Gasteiger partial charge in [-0.2, -0.15) is 0 Å². The van der Waals surface area contributed by atoms with Crippen LogP contribution in [0.4, 0.5) is 4.39 Å². The molecular formula is C24H21ClFNO3. The van der Waals surface area contributed by atoms with Crippen LogP contribution < -0.4 is 5.32 Å². The van der Waals surface area contributed by atoms with Gasteiger partial charge in [0.15, 0.2) is 5.78 Å². The summed E-state index contributed by atoms with van der Waals surface area (Å²) >= 11 is 6.38. The molecule has 1 aliphatic carbocycles. The molecule has 2 atom stereocenters. The van der Waals surface area contributed by atoms with E-state index in [-0.39, 0.29) is 23.9 Å². The van der Waals surface area contributed by atoms with Crippen molar-refractivity contribution in [1.82, 2.24) is 5.32 Å². The molecule has 1 heterocycles. The monoisotopic (exact) mass is 425 g/mol. The Hall–Kier alpha value is -2.92. The molecule has 0 radical (unpaired) electrons. The lowest BCUT2D eigenvalue weighted by molar-refractivity contribution is -0.136. The number of hydrogen-bond acceptors (Lipinski definition) is 4. The van der Waals surface area contributed by atoms with Gasteiger partial charge in [-0.3, -0.25) is 4.79 Å². The van der Waals surface area contributed by atoms with Gasteiger partial charge in [0.1, 0.15) is 5.82 Å². The number of dihydropyridines is 1. The summed E-state index contributed by atoms with van der Waals surface area (Å²) in [4.78, 5) is 25.9. The van der Waals surface area contributed by atoms with Crippen molar-refractivity contribution in [3.8, 4) is 0 Å². The highest BCUT2D eigenvalue weighted by Gasteiger charge is 2.41. The summed E-state index contributed by atoms with van der Waals surface area (Å²) in [5.41, 5.74) is 3.91. The molecule has 2 aliphatic rings. The maximum Gasteiger partial charge on any atom is 0.336 e. The highest BCUT2D eigenvalue weighted by molar-refractivity contribution is 6.31. The number of esters is 1. The van der Waals surface area contributed by atoms with Crippen molar-refractivity contribution in [1.29, 1.82) is 0 Å². The van der Waals surface area contributed by atoms with Gasteiger partial charge in [-0.05, 0) is 48.6 Å². The number of carbonyl (C=O) groups is 2. The molecule has 0 unspecified atom stereocenters. The summed E-state index contributed by atoms with van der Waals surface area (Å²) in [6.45, 7) is 1.79. The van der Waals surface area contributed by atoms with Crippen LogP contribution in [0.2, 0.25) is 5.02 Å². The number of methoxy groups -OCH3 is 1. The summed E-state index contributed by atoms with van der Waals surface area (Å²) in [5, 5.41) is 3.90. The molecule has 154 valence electrons. The van der Waals surface area contributed by atoms with E-state index in [9.17, 15) is 14.0 Å². The minimum absolute atomic E-state index is 0.0567. The molecule has 0 saturated heterocycles. The average Bonchev–Trinajstić information content (AvgIpc) is 2.73. The molecule has 0 fully saturated rings. The summed E-state index contributed by atoms with van der Waals surface area (Å²) in [7, 11) is 1.31. The van der Waals surface area contributed by atoms with E-state index in [1.165, 1.54) is 19.2 Å². The molecule has 0 spiro atoms. The molecule has 4 rings (SSSR count). The maximum atomic E-state index is 13.5. The van der Waals surface area contributed by atoms with Crippen LogP contribution in [0.3, 0.4) is 0 Å². The van der Waals surface area contributed by atoms with Gasteiger partial charge in [0.25, 0.3) is 0 Å². The zero-order valence-corrected chi connectivity index (χ0v) is 17.4. The van der Waals surface area contributed by atoms with Crippen molar-refractivity contribution < 1.29 is 18.7 Å². The van der Waals surface area contributed by atoms with Gasteiger partial charge >= 0.3 is 5.97 Å². The molecule has 4 nitrogen and oxygen atoms in total. The second kappa shape index (κ2) is 8.07. The number of halogens is 2.